The quantitative estimate of drug-likeness (QED) is 0.730. The van der Waals surface area contributed by atoms with Gasteiger partial charge in [0.15, 0.2) is 0 Å². The second-order valence-corrected chi connectivity index (χ2v) is 7.47. The summed E-state index contributed by atoms with van der Waals surface area (Å²) in [5, 5.41) is 0.605. The summed E-state index contributed by atoms with van der Waals surface area (Å²) in [7, 11) is 0. The van der Waals surface area contributed by atoms with Gasteiger partial charge >= 0.3 is 0 Å². The van der Waals surface area contributed by atoms with Crippen LogP contribution >= 0.6 is 0 Å². The number of anilines is 1. The van der Waals surface area contributed by atoms with Crippen LogP contribution in [0.4, 0.5) is 5.69 Å². The Bertz CT molecular complexity index is 1170. The maximum Gasteiger partial charge on any atom is 0.261 e. The van der Waals surface area contributed by atoms with Crippen LogP contribution in [-0.2, 0) is 0 Å². The number of carbonyl (C=O) groups is 1. The van der Waals surface area contributed by atoms with E-state index in [2.05, 4.69) is 14.9 Å². The van der Waals surface area contributed by atoms with Gasteiger partial charge in [-0.05, 0) is 38.1 Å². The first-order valence-corrected chi connectivity index (χ1v) is 9.68. The molecule has 150 valence electrons. The van der Waals surface area contributed by atoms with Gasteiger partial charge < -0.3 is 14.8 Å². The largest absolute Gasteiger partial charge is 0.368 e. The lowest BCUT2D eigenvalue weighted by molar-refractivity contribution is 0.0746. The fraction of sp³-hybridized carbons (Fsp3) is 0.333. The molecule has 29 heavy (non-hydrogen) atoms. The Labute approximate surface area is 167 Å². The Balaban J connectivity index is 1.50. The van der Waals surface area contributed by atoms with E-state index in [1.807, 2.05) is 32.0 Å². The van der Waals surface area contributed by atoms with Crippen LogP contribution in [0.3, 0.4) is 0 Å². The maximum absolute atomic E-state index is 12.6. The molecule has 1 aliphatic rings. The number of nitrogens with zero attached hydrogens (tertiary/aromatic N) is 4. The summed E-state index contributed by atoms with van der Waals surface area (Å²) in [6, 6.07) is 8.69. The molecule has 1 N–H and O–H groups in total. The fourth-order valence-electron chi connectivity index (χ4n) is 3.62. The second kappa shape index (κ2) is 7.54. The topological polar surface area (TPSA) is 91.3 Å². The van der Waals surface area contributed by atoms with Gasteiger partial charge in [-0.2, -0.15) is 0 Å². The van der Waals surface area contributed by atoms with Crippen LogP contribution in [0.1, 0.15) is 30.2 Å². The SMILES string of the molecule is CC(C)n1cnc2cc(N3CCN(C(=O)c4cc[nH]c(=O)c4)CC3)ccc2c1=O. The number of piperazine rings is 1. The van der Waals surface area contributed by atoms with Crippen molar-refractivity contribution in [3.63, 3.8) is 0 Å². The molecule has 0 atom stereocenters. The van der Waals surface area contributed by atoms with Crippen molar-refractivity contribution in [2.75, 3.05) is 31.1 Å². The average Bonchev–Trinajstić information content (AvgIpc) is 2.73. The molecule has 8 heteroatoms. The Morgan fingerprint density at radius 3 is 2.52 bits per heavy atom. The molecule has 0 spiro atoms. The number of hydrogen-bond donors (Lipinski definition) is 1. The van der Waals surface area contributed by atoms with Crippen molar-refractivity contribution >= 4 is 22.5 Å². The second-order valence-electron chi connectivity index (χ2n) is 7.47. The van der Waals surface area contributed by atoms with E-state index in [9.17, 15) is 14.4 Å². The summed E-state index contributed by atoms with van der Waals surface area (Å²) < 4.78 is 1.63. The first-order chi connectivity index (χ1) is 13.9. The third kappa shape index (κ3) is 3.65. The fourth-order valence-corrected chi connectivity index (χ4v) is 3.62. The third-order valence-electron chi connectivity index (χ3n) is 5.28. The lowest BCUT2D eigenvalue weighted by atomic mass is 10.1. The van der Waals surface area contributed by atoms with E-state index in [1.54, 1.807) is 21.9 Å². The summed E-state index contributed by atoms with van der Waals surface area (Å²) in [5.74, 6) is -0.134. The predicted molar refractivity (Wildman–Crippen MR) is 112 cm³/mol. The van der Waals surface area contributed by atoms with E-state index < -0.39 is 0 Å². The number of fused-ring (bicyclic) bond motifs is 1. The van der Waals surface area contributed by atoms with Gasteiger partial charge in [-0.1, -0.05) is 0 Å². The zero-order valence-electron chi connectivity index (χ0n) is 16.5. The zero-order chi connectivity index (χ0) is 20.5. The minimum Gasteiger partial charge on any atom is -0.368 e. The molecule has 1 fully saturated rings. The van der Waals surface area contributed by atoms with Gasteiger partial charge in [0.05, 0.1) is 17.2 Å². The van der Waals surface area contributed by atoms with E-state index >= 15 is 0 Å². The number of carbonyl (C=O) groups excluding carboxylic acids is 1. The van der Waals surface area contributed by atoms with Crippen LogP contribution in [0.25, 0.3) is 10.9 Å². The highest BCUT2D eigenvalue weighted by atomic mass is 16.2. The van der Waals surface area contributed by atoms with Crippen LogP contribution in [0.2, 0.25) is 0 Å². The molecule has 0 radical (unpaired) electrons. The maximum atomic E-state index is 12.6. The Morgan fingerprint density at radius 1 is 1.07 bits per heavy atom. The molecule has 1 saturated heterocycles. The minimum atomic E-state index is -0.283. The number of amides is 1. The molecule has 0 unspecified atom stereocenters. The Kier molecular flexibility index (Phi) is 4.92. The molecule has 3 aromatic rings. The van der Waals surface area contributed by atoms with Gasteiger partial charge in [-0.3, -0.25) is 19.0 Å². The number of benzene rings is 1. The highest BCUT2D eigenvalue weighted by Gasteiger charge is 2.23. The molecule has 2 aromatic heterocycles. The highest BCUT2D eigenvalue weighted by molar-refractivity contribution is 5.94. The molecule has 0 saturated carbocycles. The van der Waals surface area contributed by atoms with Gasteiger partial charge in [0.25, 0.3) is 11.5 Å². The molecule has 8 nitrogen and oxygen atoms in total. The zero-order valence-corrected chi connectivity index (χ0v) is 16.5. The van der Waals surface area contributed by atoms with E-state index in [4.69, 9.17) is 0 Å². The first kappa shape index (κ1) is 18.9. The average molecular weight is 393 g/mol. The molecule has 0 aliphatic carbocycles. The van der Waals surface area contributed by atoms with Crippen molar-refractivity contribution in [2.45, 2.75) is 19.9 Å². The number of pyridine rings is 1. The number of nitrogens with one attached hydrogen (secondary N) is 1. The van der Waals surface area contributed by atoms with Crippen LogP contribution in [-0.4, -0.2) is 51.5 Å². The predicted octanol–water partition coefficient (Wildman–Crippen LogP) is 1.63. The first-order valence-electron chi connectivity index (χ1n) is 9.68. The molecular formula is C21H23N5O3. The normalized spacial score (nSPS) is 14.6. The van der Waals surface area contributed by atoms with Gasteiger partial charge in [-0.15, -0.1) is 0 Å². The lowest BCUT2D eigenvalue weighted by Gasteiger charge is -2.36. The van der Waals surface area contributed by atoms with Crippen molar-refractivity contribution in [1.82, 2.24) is 19.4 Å². The van der Waals surface area contributed by atoms with Gasteiger partial charge in [-0.25, -0.2) is 4.98 Å². The standard InChI is InChI=1S/C21H23N5O3/c1-14(2)26-13-23-18-12-16(3-4-17(18)21(26)29)24-7-9-25(10-8-24)20(28)15-5-6-22-19(27)11-15/h3-6,11-14H,7-10H2,1-2H3,(H,22,27). The highest BCUT2D eigenvalue weighted by Crippen LogP contribution is 2.21. The minimum absolute atomic E-state index is 0.0372. The third-order valence-corrected chi connectivity index (χ3v) is 5.28. The van der Waals surface area contributed by atoms with Gasteiger partial charge in [0, 0.05) is 55.7 Å². The van der Waals surface area contributed by atoms with Crippen molar-refractivity contribution in [1.29, 1.82) is 0 Å². The van der Waals surface area contributed by atoms with Crippen LogP contribution < -0.4 is 16.0 Å². The number of H-pyrrole nitrogens is 1. The van der Waals surface area contributed by atoms with Gasteiger partial charge in [0.2, 0.25) is 5.56 Å². The molecule has 1 aromatic carbocycles. The summed E-state index contributed by atoms with van der Waals surface area (Å²) in [6.45, 7) is 6.37. The van der Waals surface area contributed by atoms with Crippen molar-refractivity contribution in [3.05, 3.63) is 69.1 Å². The molecule has 1 aliphatic heterocycles. The summed E-state index contributed by atoms with van der Waals surface area (Å²) in [6.07, 6.45) is 3.08. The number of aromatic amines is 1. The lowest BCUT2D eigenvalue weighted by Crippen LogP contribution is -2.49. The molecule has 3 heterocycles. The smallest absolute Gasteiger partial charge is 0.261 e. The summed E-state index contributed by atoms with van der Waals surface area (Å²) in [5.41, 5.74) is 1.74. The monoisotopic (exact) mass is 393 g/mol. The number of rotatable bonds is 3. The van der Waals surface area contributed by atoms with Crippen LogP contribution in [0.5, 0.6) is 0 Å². The molecule has 1 amide bonds. The molecule has 4 rings (SSSR count). The van der Waals surface area contributed by atoms with Crippen molar-refractivity contribution in [3.8, 4) is 0 Å². The number of aromatic nitrogens is 3. The Morgan fingerprint density at radius 2 is 1.83 bits per heavy atom. The summed E-state index contributed by atoms with van der Waals surface area (Å²) in [4.78, 5) is 47.5. The Hall–Kier alpha value is -3.42. The van der Waals surface area contributed by atoms with Crippen molar-refractivity contribution in [2.24, 2.45) is 0 Å². The molecule has 0 bridgehead atoms. The van der Waals surface area contributed by atoms with E-state index in [0.717, 1.165) is 5.69 Å². The van der Waals surface area contributed by atoms with Gasteiger partial charge in [0.1, 0.15) is 0 Å². The summed E-state index contributed by atoms with van der Waals surface area (Å²) >= 11 is 0. The van der Waals surface area contributed by atoms with E-state index in [-0.39, 0.29) is 23.1 Å². The number of hydrogen-bond acceptors (Lipinski definition) is 5. The van der Waals surface area contributed by atoms with E-state index in [0.29, 0.717) is 42.6 Å². The molecular weight excluding hydrogens is 370 g/mol. The van der Waals surface area contributed by atoms with Crippen LogP contribution in [0.15, 0.2) is 52.4 Å². The van der Waals surface area contributed by atoms with Crippen LogP contribution in [0, 0.1) is 0 Å². The van der Waals surface area contributed by atoms with Crippen molar-refractivity contribution < 1.29 is 4.79 Å². The van der Waals surface area contributed by atoms with E-state index in [1.165, 1.54) is 12.3 Å².